The average molecular weight is 378 g/mol. The standard InChI is InChI=1S/C22H22N2O4/c1-26-19-9-7-18(21(13-19)27-2)8-10-22(25)24(16-20-6-4-12-28-20)15-17-5-3-11-23-14-17/h3-14H,15-16H2,1-2H3/b10-8+. The van der Waals surface area contributed by atoms with Crippen LogP contribution in [-0.2, 0) is 17.9 Å². The number of carbonyl (C=O) groups excluding carboxylic acids is 1. The van der Waals surface area contributed by atoms with Crippen LogP contribution in [0.4, 0.5) is 0 Å². The Morgan fingerprint density at radius 2 is 2.04 bits per heavy atom. The number of rotatable bonds is 8. The van der Waals surface area contributed by atoms with Crippen molar-refractivity contribution in [2.24, 2.45) is 0 Å². The van der Waals surface area contributed by atoms with Gasteiger partial charge in [-0.25, -0.2) is 0 Å². The first-order chi connectivity index (χ1) is 13.7. The number of hydrogen-bond donors (Lipinski definition) is 0. The van der Waals surface area contributed by atoms with Crippen LogP contribution in [0.5, 0.6) is 11.5 Å². The normalized spacial score (nSPS) is 10.8. The van der Waals surface area contributed by atoms with Crippen molar-refractivity contribution in [3.63, 3.8) is 0 Å². The van der Waals surface area contributed by atoms with E-state index in [0.29, 0.717) is 30.3 Å². The van der Waals surface area contributed by atoms with Gasteiger partial charge < -0.3 is 18.8 Å². The molecular weight excluding hydrogens is 356 g/mol. The van der Waals surface area contributed by atoms with Gasteiger partial charge in [0.05, 0.1) is 27.0 Å². The molecule has 6 heteroatoms. The maximum atomic E-state index is 12.9. The van der Waals surface area contributed by atoms with E-state index in [1.54, 1.807) is 56.0 Å². The minimum Gasteiger partial charge on any atom is -0.497 e. The van der Waals surface area contributed by atoms with E-state index >= 15 is 0 Å². The number of carbonyl (C=O) groups is 1. The van der Waals surface area contributed by atoms with Gasteiger partial charge in [0, 0.05) is 36.6 Å². The molecule has 0 bridgehead atoms. The van der Waals surface area contributed by atoms with Gasteiger partial charge >= 0.3 is 0 Å². The van der Waals surface area contributed by atoms with E-state index in [1.807, 2.05) is 30.3 Å². The first kappa shape index (κ1) is 19.2. The van der Waals surface area contributed by atoms with Crippen LogP contribution < -0.4 is 9.47 Å². The maximum Gasteiger partial charge on any atom is 0.247 e. The quantitative estimate of drug-likeness (QED) is 0.556. The molecule has 0 aliphatic carbocycles. The zero-order valence-corrected chi connectivity index (χ0v) is 15.9. The first-order valence-electron chi connectivity index (χ1n) is 8.80. The van der Waals surface area contributed by atoms with Gasteiger partial charge in [-0.3, -0.25) is 9.78 Å². The number of pyridine rings is 1. The molecule has 1 aromatic carbocycles. The van der Waals surface area contributed by atoms with Crippen LogP contribution in [0.25, 0.3) is 6.08 Å². The van der Waals surface area contributed by atoms with E-state index in [4.69, 9.17) is 13.9 Å². The number of hydrogen-bond acceptors (Lipinski definition) is 5. The summed E-state index contributed by atoms with van der Waals surface area (Å²) in [5, 5.41) is 0. The smallest absolute Gasteiger partial charge is 0.247 e. The van der Waals surface area contributed by atoms with E-state index in [9.17, 15) is 4.79 Å². The molecule has 0 spiro atoms. The van der Waals surface area contributed by atoms with Crippen LogP contribution in [-0.4, -0.2) is 30.0 Å². The maximum absolute atomic E-state index is 12.9. The molecule has 0 fully saturated rings. The molecule has 0 atom stereocenters. The van der Waals surface area contributed by atoms with Crippen molar-refractivity contribution < 1.29 is 18.7 Å². The molecule has 6 nitrogen and oxygen atoms in total. The summed E-state index contributed by atoms with van der Waals surface area (Å²) in [6.07, 6.45) is 8.32. The van der Waals surface area contributed by atoms with E-state index in [0.717, 1.165) is 11.1 Å². The zero-order chi connectivity index (χ0) is 19.8. The summed E-state index contributed by atoms with van der Waals surface area (Å²) >= 11 is 0. The summed E-state index contributed by atoms with van der Waals surface area (Å²) in [5.74, 6) is 1.90. The predicted molar refractivity (Wildman–Crippen MR) is 106 cm³/mol. The molecule has 3 aromatic rings. The van der Waals surface area contributed by atoms with Gasteiger partial charge in [0.15, 0.2) is 0 Å². The highest BCUT2D eigenvalue weighted by Gasteiger charge is 2.14. The lowest BCUT2D eigenvalue weighted by molar-refractivity contribution is -0.127. The Labute approximate surface area is 164 Å². The molecule has 0 aliphatic rings. The second-order valence-electron chi connectivity index (χ2n) is 6.08. The molecule has 1 amide bonds. The number of furan rings is 1. The van der Waals surface area contributed by atoms with Crippen molar-refractivity contribution in [2.45, 2.75) is 13.1 Å². The fourth-order valence-electron chi connectivity index (χ4n) is 2.74. The fourth-order valence-corrected chi connectivity index (χ4v) is 2.74. The third-order valence-corrected chi connectivity index (χ3v) is 4.18. The first-order valence-corrected chi connectivity index (χ1v) is 8.80. The largest absolute Gasteiger partial charge is 0.497 e. The van der Waals surface area contributed by atoms with E-state index < -0.39 is 0 Å². The van der Waals surface area contributed by atoms with Gasteiger partial charge in [-0.2, -0.15) is 0 Å². The number of aromatic nitrogens is 1. The minimum atomic E-state index is -0.141. The van der Waals surface area contributed by atoms with Gasteiger partial charge in [0.25, 0.3) is 0 Å². The third kappa shape index (κ3) is 5.01. The van der Waals surface area contributed by atoms with Gasteiger partial charge in [0.1, 0.15) is 17.3 Å². The lowest BCUT2D eigenvalue weighted by Gasteiger charge is -2.20. The Kier molecular flexibility index (Phi) is 6.46. The molecule has 0 unspecified atom stereocenters. The summed E-state index contributed by atoms with van der Waals surface area (Å²) in [4.78, 5) is 18.7. The van der Waals surface area contributed by atoms with E-state index in [1.165, 1.54) is 6.08 Å². The van der Waals surface area contributed by atoms with Crippen LogP contribution >= 0.6 is 0 Å². The molecule has 144 valence electrons. The summed E-state index contributed by atoms with van der Waals surface area (Å²) < 4.78 is 16.0. The summed E-state index contributed by atoms with van der Waals surface area (Å²) in [6, 6.07) is 12.9. The molecule has 0 aliphatic heterocycles. The van der Waals surface area contributed by atoms with Crippen molar-refractivity contribution >= 4 is 12.0 Å². The number of amides is 1. The van der Waals surface area contributed by atoms with Gasteiger partial charge in [-0.1, -0.05) is 6.07 Å². The van der Waals surface area contributed by atoms with Crippen molar-refractivity contribution in [1.29, 1.82) is 0 Å². The van der Waals surface area contributed by atoms with Crippen molar-refractivity contribution in [2.75, 3.05) is 14.2 Å². The van der Waals surface area contributed by atoms with Gasteiger partial charge in [-0.15, -0.1) is 0 Å². The summed E-state index contributed by atoms with van der Waals surface area (Å²) in [5.41, 5.74) is 1.73. The number of benzene rings is 1. The lowest BCUT2D eigenvalue weighted by atomic mass is 10.1. The zero-order valence-electron chi connectivity index (χ0n) is 15.9. The second-order valence-corrected chi connectivity index (χ2v) is 6.08. The Bertz CT molecular complexity index is 921. The molecule has 2 aromatic heterocycles. The Morgan fingerprint density at radius 3 is 2.71 bits per heavy atom. The summed E-state index contributed by atoms with van der Waals surface area (Å²) in [7, 11) is 3.18. The Balaban J connectivity index is 1.79. The number of nitrogens with zero attached hydrogens (tertiary/aromatic N) is 2. The van der Waals surface area contributed by atoms with Crippen molar-refractivity contribution in [3.8, 4) is 11.5 Å². The Morgan fingerprint density at radius 1 is 1.14 bits per heavy atom. The molecular formula is C22H22N2O4. The summed E-state index contributed by atoms with van der Waals surface area (Å²) in [6.45, 7) is 0.794. The highest BCUT2D eigenvalue weighted by Crippen LogP contribution is 2.25. The van der Waals surface area contributed by atoms with Crippen molar-refractivity contribution in [1.82, 2.24) is 9.88 Å². The topological polar surface area (TPSA) is 64.8 Å². The van der Waals surface area contributed by atoms with Crippen LogP contribution in [0.3, 0.4) is 0 Å². The van der Waals surface area contributed by atoms with Crippen molar-refractivity contribution in [3.05, 3.63) is 84.1 Å². The van der Waals surface area contributed by atoms with Gasteiger partial charge in [-0.05, 0) is 42.0 Å². The predicted octanol–water partition coefficient (Wildman–Crippen LogP) is 3.93. The number of ether oxygens (including phenoxy) is 2. The van der Waals surface area contributed by atoms with Crippen LogP contribution in [0.2, 0.25) is 0 Å². The fraction of sp³-hybridized carbons (Fsp3) is 0.182. The highest BCUT2D eigenvalue weighted by molar-refractivity contribution is 5.92. The third-order valence-electron chi connectivity index (χ3n) is 4.18. The molecule has 0 saturated heterocycles. The molecule has 2 heterocycles. The van der Waals surface area contributed by atoms with Crippen LogP contribution in [0.1, 0.15) is 16.9 Å². The highest BCUT2D eigenvalue weighted by atomic mass is 16.5. The number of methoxy groups -OCH3 is 2. The van der Waals surface area contributed by atoms with E-state index in [2.05, 4.69) is 4.98 Å². The second kappa shape index (κ2) is 9.41. The lowest BCUT2D eigenvalue weighted by Crippen LogP contribution is -2.28. The average Bonchev–Trinajstić information content (AvgIpc) is 3.25. The van der Waals surface area contributed by atoms with Gasteiger partial charge in [0.2, 0.25) is 5.91 Å². The SMILES string of the molecule is COc1ccc(/C=C/C(=O)N(Cc2cccnc2)Cc2ccco2)c(OC)c1. The molecule has 3 rings (SSSR count). The molecule has 28 heavy (non-hydrogen) atoms. The molecule has 0 radical (unpaired) electrons. The van der Waals surface area contributed by atoms with E-state index in [-0.39, 0.29) is 5.91 Å². The molecule has 0 saturated carbocycles. The van der Waals surface area contributed by atoms with Crippen LogP contribution in [0, 0.1) is 0 Å². The Hall–Kier alpha value is -3.54. The van der Waals surface area contributed by atoms with Crippen LogP contribution in [0.15, 0.2) is 71.6 Å². The monoisotopic (exact) mass is 378 g/mol. The minimum absolute atomic E-state index is 0.141. The molecule has 0 N–H and O–H groups in total.